The summed E-state index contributed by atoms with van der Waals surface area (Å²) in [5, 5.41) is 8.35. The number of hydrogen-bond donors (Lipinski definition) is 1. The van der Waals surface area contributed by atoms with Crippen molar-refractivity contribution in [2.24, 2.45) is 0 Å². The molecule has 2 nitrogen and oxygen atoms in total. The van der Waals surface area contributed by atoms with Crippen molar-refractivity contribution in [1.29, 1.82) is 0 Å². The van der Waals surface area contributed by atoms with E-state index >= 15 is 0 Å². The topological polar surface area (TPSA) is 37.3 Å². The molecule has 0 saturated heterocycles. The first-order valence-corrected chi connectivity index (χ1v) is 4.99. The molecule has 1 N–H and O–H groups in total. The Morgan fingerprint density at radius 2 is 1.33 bits per heavy atom. The summed E-state index contributed by atoms with van der Waals surface area (Å²) in [6, 6.07) is 0. The molecule has 0 rings (SSSR count). The van der Waals surface area contributed by atoms with Gasteiger partial charge in [0.25, 0.3) is 0 Å². The molecule has 15 heavy (non-hydrogen) atoms. The van der Waals surface area contributed by atoms with E-state index in [4.69, 9.17) is 5.11 Å². The minimum absolute atomic E-state index is 0. The second-order valence-corrected chi connectivity index (χ2v) is 3.27. The van der Waals surface area contributed by atoms with Gasteiger partial charge in [-0.05, 0) is 6.42 Å². The van der Waals surface area contributed by atoms with Crippen LogP contribution in [-0.2, 0) is 4.79 Å². The number of unbranched alkanes of at least 4 members (excludes halogenated alkanes) is 6. The Balaban J connectivity index is -0.000000202. The van der Waals surface area contributed by atoms with Crippen LogP contribution in [0.25, 0.3) is 0 Å². The van der Waals surface area contributed by atoms with Crippen LogP contribution in [0.15, 0.2) is 0 Å². The smallest absolute Gasteiger partial charge is 1.00 e. The zero-order chi connectivity index (χ0) is 9.23. The van der Waals surface area contributed by atoms with Gasteiger partial charge in [0.15, 0.2) is 0 Å². The maximum Gasteiger partial charge on any atom is 2.00 e. The summed E-state index contributed by atoms with van der Waals surface area (Å²) in [5.74, 6) is -0.663. The molecule has 0 bridgehead atoms. The van der Waals surface area contributed by atoms with Gasteiger partial charge in [0, 0.05) is 6.42 Å². The zero-order valence-corrected chi connectivity index (χ0v) is 13.2. The second kappa shape index (κ2) is 20.7. The number of rotatable bonds is 8. The minimum Gasteiger partial charge on any atom is -1.00 e. The van der Waals surface area contributed by atoms with Crippen molar-refractivity contribution in [2.75, 3.05) is 0 Å². The van der Waals surface area contributed by atoms with Crippen LogP contribution < -0.4 is 24.8 Å². The van der Waals surface area contributed by atoms with Crippen molar-refractivity contribution in [3.8, 4) is 0 Å². The molecule has 0 radical (unpaired) electrons. The normalized spacial score (nSPS) is 8.07. The maximum atomic E-state index is 10.1. The first-order valence-electron chi connectivity index (χ1n) is 4.99. The van der Waals surface area contributed by atoms with Crippen LogP contribution in [0, 0.1) is 0 Å². The van der Waals surface area contributed by atoms with Gasteiger partial charge in [-0.2, -0.15) is 0 Å². The average Bonchev–Trinajstić information content (AvgIpc) is 2.02. The Hall–Kier alpha value is 1.31. The quantitative estimate of drug-likeness (QED) is 0.377. The molecule has 88 valence electrons. The average molecular weight is 283 g/mol. The van der Waals surface area contributed by atoms with E-state index in [0.29, 0.717) is 6.42 Å². The van der Waals surface area contributed by atoms with Gasteiger partial charge >= 0.3 is 43.7 Å². The Morgan fingerprint density at radius 3 is 1.73 bits per heavy atom. The van der Waals surface area contributed by atoms with Gasteiger partial charge in [-0.25, -0.2) is 0 Å². The first kappa shape index (κ1) is 25.2. The molecule has 0 unspecified atom stereocenters. The minimum atomic E-state index is -0.663. The van der Waals surface area contributed by atoms with Crippen molar-refractivity contribution in [3.63, 3.8) is 0 Å². The molecule has 0 spiro atoms. The fraction of sp³-hybridized carbons (Fsp3) is 0.900. The van der Waals surface area contributed by atoms with E-state index in [1.165, 1.54) is 32.1 Å². The van der Waals surface area contributed by atoms with E-state index in [1.807, 2.05) is 0 Å². The third-order valence-corrected chi connectivity index (χ3v) is 1.99. The van der Waals surface area contributed by atoms with E-state index in [1.54, 1.807) is 0 Å². The van der Waals surface area contributed by atoms with Gasteiger partial charge in [0.1, 0.15) is 0 Å². The number of carbonyl (C=O) groups is 1. The largest absolute Gasteiger partial charge is 2.00 e. The summed E-state index contributed by atoms with van der Waals surface area (Å²) in [6.07, 6.45) is 8.64. The third-order valence-electron chi connectivity index (χ3n) is 1.99. The van der Waals surface area contributed by atoms with Crippen molar-refractivity contribution in [3.05, 3.63) is 0 Å². The second-order valence-electron chi connectivity index (χ2n) is 3.27. The predicted molar refractivity (Wildman–Crippen MR) is 56.0 cm³/mol. The fourth-order valence-corrected chi connectivity index (χ4v) is 1.23. The molecule has 0 aromatic rings. The van der Waals surface area contributed by atoms with Crippen molar-refractivity contribution in [1.82, 2.24) is 0 Å². The molecule has 0 amide bonds. The van der Waals surface area contributed by atoms with Gasteiger partial charge in [-0.15, -0.1) is 0 Å². The Morgan fingerprint density at radius 1 is 0.933 bits per heavy atom. The van der Waals surface area contributed by atoms with Crippen molar-refractivity contribution in [2.45, 2.75) is 58.3 Å². The van der Waals surface area contributed by atoms with Gasteiger partial charge in [0.05, 0.1) is 0 Å². The fourth-order valence-electron chi connectivity index (χ4n) is 1.23. The van der Waals surface area contributed by atoms with E-state index in [0.717, 1.165) is 12.8 Å². The van der Waals surface area contributed by atoms with Crippen LogP contribution in [0.3, 0.4) is 0 Å². The Bertz CT molecular complexity index is 124. The number of hydrogen-bond acceptors (Lipinski definition) is 1. The monoisotopic (exact) mass is 282 g/mol. The van der Waals surface area contributed by atoms with E-state index in [2.05, 4.69) is 6.92 Å². The van der Waals surface area contributed by atoms with Crippen molar-refractivity contribution >= 4 is 43.7 Å². The van der Waals surface area contributed by atoms with Gasteiger partial charge < -0.3 is 29.9 Å². The molecule has 0 aliphatic heterocycles. The molecule has 0 aliphatic carbocycles. The first-order chi connectivity index (χ1) is 5.77. The zero-order valence-electron chi connectivity index (χ0n) is 9.48. The standard InChI is InChI=1S/C10H20O2.Ca.2ClH/c1-2-3-4-5-6-7-8-9-10(11)12;;;/h2-9H2,1H3,(H,11,12);;2*1H/q;+2;;/p-2. The van der Waals surface area contributed by atoms with Crippen LogP contribution in [-0.4, -0.2) is 48.8 Å². The molecule has 0 aromatic carbocycles. The molecule has 0 fully saturated rings. The molecular formula is C10H20CaCl2O2. The van der Waals surface area contributed by atoms with Gasteiger partial charge in [-0.1, -0.05) is 45.4 Å². The third kappa shape index (κ3) is 25.5. The van der Waals surface area contributed by atoms with Gasteiger partial charge in [-0.3, -0.25) is 4.79 Å². The van der Waals surface area contributed by atoms with E-state index < -0.39 is 5.97 Å². The molecule has 5 heteroatoms. The van der Waals surface area contributed by atoms with Crippen LogP contribution >= 0.6 is 0 Å². The van der Waals surface area contributed by atoms with Crippen LogP contribution in [0.1, 0.15) is 58.3 Å². The molecular weight excluding hydrogens is 263 g/mol. The molecule has 0 atom stereocenters. The molecule has 0 aliphatic rings. The number of halogens is 2. The van der Waals surface area contributed by atoms with E-state index in [-0.39, 0.29) is 62.6 Å². The predicted octanol–water partition coefficient (Wildman–Crippen LogP) is -3.16. The molecule has 0 aromatic heterocycles. The van der Waals surface area contributed by atoms with Crippen molar-refractivity contribution < 1.29 is 34.7 Å². The summed E-state index contributed by atoms with van der Waals surface area (Å²) in [7, 11) is 0. The summed E-state index contributed by atoms with van der Waals surface area (Å²) >= 11 is 0. The Kier molecular flexibility index (Phi) is 34.8. The van der Waals surface area contributed by atoms with Crippen LogP contribution in [0.2, 0.25) is 0 Å². The van der Waals surface area contributed by atoms with E-state index in [9.17, 15) is 4.79 Å². The summed E-state index contributed by atoms with van der Waals surface area (Å²) in [4.78, 5) is 10.1. The van der Waals surface area contributed by atoms with Gasteiger partial charge in [0.2, 0.25) is 0 Å². The molecule has 0 heterocycles. The SMILES string of the molecule is CCCCCCCCCC(=O)O.[Ca+2].[Cl-].[Cl-]. The molecule has 0 saturated carbocycles. The summed E-state index contributed by atoms with van der Waals surface area (Å²) < 4.78 is 0. The number of aliphatic carboxylic acids is 1. The Labute approximate surface area is 135 Å². The number of carboxylic acid groups (broad SMARTS) is 1. The summed E-state index contributed by atoms with van der Waals surface area (Å²) in [6.45, 7) is 2.20. The summed E-state index contributed by atoms with van der Waals surface area (Å²) in [5.41, 5.74) is 0. The maximum absolute atomic E-state index is 10.1. The van der Waals surface area contributed by atoms with Crippen LogP contribution in [0.4, 0.5) is 0 Å². The van der Waals surface area contributed by atoms with Crippen LogP contribution in [0.5, 0.6) is 0 Å². The number of carboxylic acids is 1.